The van der Waals surface area contributed by atoms with Crippen molar-refractivity contribution < 1.29 is 8.78 Å². The molecule has 0 aliphatic carbocycles. The molecule has 0 saturated heterocycles. The largest absolute Gasteiger partial charge is 0.390 e. The quantitative estimate of drug-likeness (QED) is 0.482. The summed E-state index contributed by atoms with van der Waals surface area (Å²) < 4.78 is 27.0. The molecule has 0 aromatic heterocycles. The summed E-state index contributed by atoms with van der Waals surface area (Å²) in [5.41, 5.74) is 2.96. The number of hydrogen-bond acceptors (Lipinski definition) is 1. The average Bonchev–Trinajstić information content (AvgIpc) is 2.31. The predicted molar refractivity (Wildman–Crippen MR) is 84.8 cm³/mol. The van der Waals surface area contributed by atoms with Crippen LogP contribution in [0.25, 0.3) is 0 Å². The number of aliphatic imine (C=N–C) groups is 1. The van der Waals surface area contributed by atoms with Gasteiger partial charge in [-0.25, -0.2) is 8.78 Å². The third kappa shape index (κ3) is 4.68. The van der Waals surface area contributed by atoms with E-state index >= 15 is 0 Å². The second kappa shape index (κ2) is 6.82. The van der Waals surface area contributed by atoms with Gasteiger partial charge in [0.05, 0.1) is 6.34 Å². The summed E-state index contributed by atoms with van der Waals surface area (Å²) in [6.45, 7) is 3.63. The van der Waals surface area contributed by atoms with Crippen molar-refractivity contribution in [1.82, 2.24) is 0 Å². The lowest BCUT2D eigenvalue weighted by molar-refractivity contribution is -0.0182. The molecule has 0 saturated carbocycles. The topological polar surface area (TPSA) is 38.4 Å². The summed E-state index contributed by atoms with van der Waals surface area (Å²) in [4.78, 5) is 3.92. The van der Waals surface area contributed by atoms with Gasteiger partial charge in [0.1, 0.15) is 0 Å². The van der Waals surface area contributed by atoms with Crippen molar-refractivity contribution in [2.24, 2.45) is 16.1 Å². The fourth-order valence-corrected chi connectivity index (χ4v) is 2.13. The van der Waals surface area contributed by atoms with Gasteiger partial charge in [0.25, 0.3) is 5.66 Å². The number of alkyl halides is 2. The van der Waals surface area contributed by atoms with Crippen LogP contribution in [0.5, 0.6) is 0 Å². The molecule has 0 bridgehead atoms. The molecule has 0 aliphatic heterocycles. The van der Waals surface area contributed by atoms with Crippen molar-refractivity contribution in [3.8, 4) is 0 Å². The van der Waals surface area contributed by atoms with Crippen LogP contribution in [-0.2, 0) is 12.8 Å². The van der Waals surface area contributed by atoms with Crippen LogP contribution in [-0.4, -0.2) is 18.5 Å². The first-order valence-corrected chi connectivity index (χ1v) is 7.27. The molecule has 6 heteroatoms. The first kappa shape index (κ1) is 17.3. The van der Waals surface area contributed by atoms with Crippen LogP contribution in [0.1, 0.15) is 25.0 Å². The van der Waals surface area contributed by atoms with E-state index in [-0.39, 0.29) is 6.42 Å². The number of nitrogens with zero attached hydrogens (tertiary/aromatic N) is 1. The van der Waals surface area contributed by atoms with Gasteiger partial charge in [-0.1, -0.05) is 46.8 Å². The van der Waals surface area contributed by atoms with Gasteiger partial charge in [-0.2, -0.15) is 0 Å². The Kier molecular flexibility index (Phi) is 5.91. The van der Waals surface area contributed by atoms with E-state index in [1.54, 1.807) is 35.2 Å². The Morgan fingerprint density at radius 1 is 1.40 bits per heavy atom. The number of halogens is 3. The number of hydrogen-bond donors (Lipinski definition) is 1. The molecule has 0 fully saturated rings. The van der Waals surface area contributed by atoms with Crippen molar-refractivity contribution in [3.63, 3.8) is 0 Å². The van der Waals surface area contributed by atoms with Crippen LogP contribution in [0.2, 0.25) is 5.02 Å². The number of nitrogens with two attached hydrogens (primary N) is 1. The summed E-state index contributed by atoms with van der Waals surface area (Å²) in [5.74, 6) is 0. The zero-order chi connectivity index (χ0) is 15.4. The van der Waals surface area contributed by atoms with E-state index < -0.39 is 11.1 Å². The first-order chi connectivity index (χ1) is 9.17. The maximum absolute atomic E-state index is 13.5. The van der Waals surface area contributed by atoms with E-state index in [1.165, 1.54) is 6.34 Å². The lowest BCUT2D eigenvalue weighted by Gasteiger charge is -2.31. The lowest BCUT2D eigenvalue weighted by Crippen LogP contribution is -2.32. The van der Waals surface area contributed by atoms with Gasteiger partial charge < -0.3 is 5.73 Å². The minimum atomic E-state index is -2.82. The Morgan fingerprint density at radius 3 is 2.60 bits per heavy atom. The predicted octanol–water partition coefficient (Wildman–Crippen LogP) is 3.91. The van der Waals surface area contributed by atoms with Crippen LogP contribution >= 0.6 is 20.8 Å². The van der Waals surface area contributed by atoms with Crippen LogP contribution in [0, 0.1) is 5.41 Å². The van der Waals surface area contributed by atoms with Crippen LogP contribution < -0.4 is 5.73 Å². The third-order valence-electron chi connectivity index (χ3n) is 3.27. The Hall–Kier alpha value is -0.730. The molecule has 0 aliphatic rings. The molecule has 2 N–H and O–H groups in total. The molecule has 1 atom stereocenters. The molecule has 1 unspecified atom stereocenters. The van der Waals surface area contributed by atoms with E-state index in [1.807, 2.05) is 6.07 Å². The molecule has 20 heavy (non-hydrogen) atoms. The molecule has 2 nitrogen and oxygen atoms in total. The van der Waals surface area contributed by atoms with E-state index in [0.29, 0.717) is 18.0 Å². The molecule has 0 heterocycles. The van der Waals surface area contributed by atoms with Crippen molar-refractivity contribution in [1.29, 1.82) is 0 Å². The van der Waals surface area contributed by atoms with Gasteiger partial charge in [-0.05, 0) is 30.0 Å². The minimum absolute atomic E-state index is 0.272. The summed E-state index contributed by atoms with van der Waals surface area (Å²) >= 11 is 6.10. The summed E-state index contributed by atoms with van der Waals surface area (Å²) in [6, 6.07) is 5.40. The molecule has 1 rings (SSSR count). The van der Waals surface area contributed by atoms with E-state index in [9.17, 15) is 8.78 Å². The maximum atomic E-state index is 13.5. The molecule has 112 valence electrons. The standard InChI is InChI=1S/C14H20ClF2N2P/c1-13(2,14(16,17)20)8-10-3-4-12(15)11(7-10)5-6-19-9-18/h3-4,7,9H,5-6,8,20H2,1-2H3,(H2,18,19). The lowest BCUT2D eigenvalue weighted by atomic mass is 9.85. The Morgan fingerprint density at radius 2 is 2.05 bits per heavy atom. The Bertz CT molecular complexity index is 485. The van der Waals surface area contributed by atoms with Gasteiger partial charge >= 0.3 is 0 Å². The average molecular weight is 321 g/mol. The zero-order valence-electron chi connectivity index (χ0n) is 11.7. The van der Waals surface area contributed by atoms with Crippen LogP contribution in [0.15, 0.2) is 23.2 Å². The van der Waals surface area contributed by atoms with Crippen molar-refractivity contribution in [3.05, 3.63) is 34.3 Å². The van der Waals surface area contributed by atoms with Crippen molar-refractivity contribution in [2.45, 2.75) is 32.4 Å². The smallest absolute Gasteiger partial charge is 0.264 e. The molecule has 1 aromatic carbocycles. The highest BCUT2D eigenvalue weighted by molar-refractivity contribution is 7.18. The number of rotatable bonds is 6. The van der Waals surface area contributed by atoms with E-state index in [2.05, 4.69) is 4.99 Å². The number of benzene rings is 1. The maximum Gasteiger partial charge on any atom is 0.264 e. The fraction of sp³-hybridized carbons (Fsp3) is 0.500. The van der Waals surface area contributed by atoms with Gasteiger partial charge in [0.15, 0.2) is 0 Å². The molecular formula is C14H20ClF2N2P. The van der Waals surface area contributed by atoms with Gasteiger partial charge in [0, 0.05) is 17.0 Å². The van der Waals surface area contributed by atoms with Crippen LogP contribution in [0.4, 0.5) is 8.78 Å². The van der Waals surface area contributed by atoms with Crippen molar-refractivity contribution >= 4 is 27.2 Å². The minimum Gasteiger partial charge on any atom is -0.390 e. The molecule has 0 radical (unpaired) electrons. The third-order valence-corrected chi connectivity index (χ3v) is 4.42. The second-order valence-electron chi connectivity index (χ2n) is 5.41. The van der Waals surface area contributed by atoms with Gasteiger partial charge in [-0.15, -0.1) is 0 Å². The van der Waals surface area contributed by atoms with Gasteiger partial charge in [0.2, 0.25) is 0 Å². The van der Waals surface area contributed by atoms with Gasteiger partial charge in [-0.3, -0.25) is 4.99 Å². The molecule has 0 amide bonds. The fourth-order valence-electron chi connectivity index (χ4n) is 1.82. The first-order valence-electron chi connectivity index (χ1n) is 6.31. The molecule has 1 aromatic rings. The van der Waals surface area contributed by atoms with Crippen molar-refractivity contribution in [2.75, 3.05) is 6.54 Å². The molecule has 0 spiro atoms. The summed E-state index contributed by atoms with van der Waals surface area (Å²) in [7, 11) is 1.62. The SMILES string of the molecule is CC(C)(Cc1ccc(Cl)c(CCN=CN)c1)C(F)(F)P. The highest BCUT2D eigenvalue weighted by atomic mass is 35.5. The second-order valence-corrected chi connectivity index (χ2v) is 6.55. The van der Waals surface area contributed by atoms with E-state index in [4.69, 9.17) is 17.3 Å². The van der Waals surface area contributed by atoms with Crippen LogP contribution in [0.3, 0.4) is 0 Å². The zero-order valence-corrected chi connectivity index (χ0v) is 13.6. The monoisotopic (exact) mass is 320 g/mol. The summed E-state index contributed by atoms with van der Waals surface area (Å²) in [5, 5.41) is 0.622. The highest BCUT2D eigenvalue weighted by Crippen LogP contribution is 2.44. The Labute approximate surface area is 126 Å². The Balaban J connectivity index is 2.90. The summed E-state index contributed by atoms with van der Waals surface area (Å²) in [6.07, 6.45) is 2.15. The molecular weight excluding hydrogens is 301 g/mol. The normalized spacial score (nSPS) is 13.1. The highest BCUT2D eigenvalue weighted by Gasteiger charge is 2.41. The van der Waals surface area contributed by atoms with E-state index in [0.717, 1.165) is 11.1 Å².